The standard InChI is InChI=1S/C58H86O22/c1-28(59)68-26-38-45(70-30(3)61)47(72-32(5)63)49(74-34(7)65)51(77-38)76-37-25-41-55(13)21-19-42(67)53(9,10)40(55)18-23-56(41,14)57(15)22-17-36(44(37)57)58(16)24-20-43(79-58)54(11,12)80-52-50(75-35(8)66)48(73-33(6)64)46(71-31(4)62)39(78-52)27-69-29(2)60/h36-41,43-52H,17-27H2,1-16H3/t36-,37+,38+,39+,40-,41+,43+,44-,45+,46+,47-,48-,49+,50+,51+,52-,55-,56+,57+,58-/m0/s1. The number of hydrogen-bond donors (Lipinski definition) is 0. The number of hydrogen-bond acceptors (Lipinski definition) is 22. The molecular formula is C58H86O22. The topological polar surface area (TPSA) is 274 Å². The molecule has 22 heteroatoms. The van der Waals surface area contributed by atoms with Crippen LogP contribution in [0.25, 0.3) is 0 Å². The number of rotatable bonds is 16. The van der Waals surface area contributed by atoms with Crippen LogP contribution in [0.15, 0.2) is 0 Å². The lowest BCUT2D eigenvalue weighted by Gasteiger charge is -2.70. The molecule has 7 rings (SSSR count). The predicted molar refractivity (Wildman–Crippen MR) is 276 cm³/mol. The van der Waals surface area contributed by atoms with E-state index in [0.29, 0.717) is 38.5 Å². The molecule has 0 amide bonds. The van der Waals surface area contributed by atoms with Gasteiger partial charge in [0.1, 0.15) is 31.2 Å². The van der Waals surface area contributed by atoms with Crippen molar-refractivity contribution in [1.82, 2.24) is 0 Å². The minimum Gasteiger partial charge on any atom is -0.463 e. The molecule has 7 aliphatic rings. The van der Waals surface area contributed by atoms with Crippen LogP contribution >= 0.6 is 0 Å². The highest BCUT2D eigenvalue weighted by Gasteiger charge is 2.73. The van der Waals surface area contributed by atoms with Gasteiger partial charge in [-0.15, -0.1) is 0 Å². The second-order valence-electron chi connectivity index (χ2n) is 25.5. The predicted octanol–water partition coefficient (Wildman–Crippen LogP) is 6.13. The molecule has 4 saturated carbocycles. The van der Waals surface area contributed by atoms with E-state index in [1.807, 2.05) is 0 Å². The maximum Gasteiger partial charge on any atom is 0.303 e. The van der Waals surface area contributed by atoms with Crippen molar-refractivity contribution in [2.45, 2.75) is 253 Å². The van der Waals surface area contributed by atoms with Gasteiger partial charge in [-0.2, -0.15) is 0 Å². The number of ketones is 1. The van der Waals surface area contributed by atoms with Gasteiger partial charge in [0.25, 0.3) is 0 Å². The Morgan fingerprint density at radius 3 is 1.46 bits per heavy atom. The summed E-state index contributed by atoms with van der Waals surface area (Å²) in [4.78, 5) is 115. The lowest BCUT2D eigenvalue weighted by Crippen LogP contribution is -2.68. The number of carbonyl (C=O) groups is 9. The first-order chi connectivity index (χ1) is 37.1. The first kappa shape index (κ1) is 62.8. The van der Waals surface area contributed by atoms with Gasteiger partial charge in [0.15, 0.2) is 49.2 Å². The Balaban J connectivity index is 1.28. The molecule has 20 atom stereocenters. The normalized spacial score (nSPS) is 41.1. The summed E-state index contributed by atoms with van der Waals surface area (Å²) in [5.41, 5.74) is -3.73. The SMILES string of the molecule is CC(=O)OC[C@H]1O[C@@H](O[C@@H]2C[C@@H]3[C@@]4(C)CCC(=O)C(C)(C)[C@@H]4CC[C@@]3(C)[C@]3(C)CC[C@H]([C@]4(C)CC[C@H](C(C)(C)O[C@@H]5O[C@H](COC(C)=O)[C@@H](OC(C)=O)[C@H](OC(C)=O)[C@H]5OC(C)=O)O4)[C@@H]23)[C@H](OC(C)=O)[C@@H](OC(C)=O)[C@@H]1OC(C)=O. The molecule has 4 aliphatic carbocycles. The summed E-state index contributed by atoms with van der Waals surface area (Å²) >= 11 is 0. The maximum atomic E-state index is 13.8. The van der Waals surface area contributed by atoms with Crippen molar-refractivity contribution in [3.8, 4) is 0 Å². The molecule has 0 radical (unpaired) electrons. The second-order valence-corrected chi connectivity index (χ2v) is 25.5. The van der Waals surface area contributed by atoms with Crippen LogP contribution in [-0.4, -0.2) is 152 Å². The smallest absolute Gasteiger partial charge is 0.303 e. The summed E-state index contributed by atoms with van der Waals surface area (Å²) < 4.78 is 80.0. The molecule has 0 unspecified atom stereocenters. The van der Waals surface area contributed by atoms with Crippen molar-refractivity contribution in [1.29, 1.82) is 0 Å². The minimum absolute atomic E-state index is 0.00997. The molecule has 450 valence electrons. The average molecular weight is 1140 g/mol. The first-order valence-electron chi connectivity index (χ1n) is 28.2. The van der Waals surface area contributed by atoms with Gasteiger partial charge in [-0.3, -0.25) is 43.2 Å². The Morgan fingerprint density at radius 1 is 0.525 bits per heavy atom. The quantitative estimate of drug-likeness (QED) is 0.0954. The number of carbonyl (C=O) groups excluding carboxylic acids is 9. The fourth-order valence-corrected chi connectivity index (χ4v) is 16.1. The molecule has 22 nitrogen and oxygen atoms in total. The Morgan fingerprint density at radius 2 is 0.975 bits per heavy atom. The van der Waals surface area contributed by atoms with Gasteiger partial charge in [-0.25, -0.2) is 0 Å². The molecule has 0 spiro atoms. The zero-order valence-corrected chi connectivity index (χ0v) is 49.5. The van der Waals surface area contributed by atoms with Crippen LogP contribution in [0.3, 0.4) is 0 Å². The Hall–Kier alpha value is -4.77. The third kappa shape index (κ3) is 12.3. The molecule has 0 N–H and O–H groups in total. The van der Waals surface area contributed by atoms with Gasteiger partial charge in [0.05, 0.1) is 23.4 Å². The van der Waals surface area contributed by atoms with Crippen molar-refractivity contribution in [3.05, 3.63) is 0 Å². The molecule has 0 aromatic heterocycles. The molecule has 3 heterocycles. The van der Waals surface area contributed by atoms with Gasteiger partial charge in [0, 0.05) is 67.2 Å². The van der Waals surface area contributed by atoms with E-state index in [1.54, 1.807) is 13.8 Å². The van der Waals surface area contributed by atoms with Crippen LogP contribution in [-0.2, 0) is 105 Å². The molecule has 3 aliphatic heterocycles. The van der Waals surface area contributed by atoms with Gasteiger partial charge >= 0.3 is 47.8 Å². The highest BCUT2D eigenvalue weighted by Crippen LogP contribution is 2.76. The van der Waals surface area contributed by atoms with E-state index >= 15 is 0 Å². The van der Waals surface area contributed by atoms with Crippen molar-refractivity contribution < 1.29 is 105 Å². The fraction of sp³-hybridized carbons (Fsp3) is 0.845. The van der Waals surface area contributed by atoms with Crippen LogP contribution in [0, 0.1) is 45.3 Å². The Bertz CT molecular complexity index is 2400. The van der Waals surface area contributed by atoms with Crippen molar-refractivity contribution in [3.63, 3.8) is 0 Å². The number of ether oxygens (including phenoxy) is 13. The average Bonchev–Trinajstić information content (AvgIpc) is 3.95. The molecule has 80 heavy (non-hydrogen) atoms. The van der Waals surface area contributed by atoms with Crippen LogP contribution in [0.5, 0.6) is 0 Å². The summed E-state index contributed by atoms with van der Waals surface area (Å²) in [5, 5.41) is 0. The van der Waals surface area contributed by atoms with Gasteiger partial charge < -0.3 is 61.6 Å². The lowest BCUT2D eigenvalue weighted by molar-refractivity contribution is -0.341. The summed E-state index contributed by atoms with van der Waals surface area (Å²) in [6.07, 6.45) is -9.52. The maximum absolute atomic E-state index is 13.8. The molecular weight excluding hydrogens is 1050 g/mol. The highest BCUT2D eigenvalue weighted by atomic mass is 16.8. The zero-order valence-electron chi connectivity index (χ0n) is 49.5. The molecule has 0 aromatic carbocycles. The van der Waals surface area contributed by atoms with E-state index in [4.69, 9.17) is 61.6 Å². The Kier molecular flexibility index (Phi) is 18.4. The van der Waals surface area contributed by atoms with E-state index in [2.05, 4.69) is 41.5 Å². The number of esters is 8. The lowest BCUT2D eigenvalue weighted by atomic mass is 9.35. The van der Waals surface area contributed by atoms with E-state index in [0.717, 1.165) is 47.0 Å². The summed E-state index contributed by atoms with van der Waals surface area (Å²) in [6.45, 7) is 25.4. The van der Waals surface area contributed by atoms with Crippen molar-refractivity contribution >= 4 is 53.5 Å². The van der Waals surface area contributed by atoms with Crippen LogP contribution < -0.4 is 0 Å². The zero-order chi connectivity index (χ0) is 59.4. The van der Waals surface area contributed by atoms with Crippen molar-refractivity contribution in [2.75, 3.05) is 13.2 Å². The molecule has 7 fully saturated rings. The van der Waals surface area contributed by atoms with Crippen LogP contribution in [0.1, 0.15) is 169 Å². The number of Topliss-reactive ketones (excluding diaryl/α,β-unsaturated/α-hetero) is 1. The fourth-order valence-electron chi connectivity index (χ4n) is 16.1. The third-order valence-electron chi connectivity index (χ3n) is 19.6. The highest BCUT2D eigenvalue weighted by molar-refractivity contribution is 5.85. The largest absolute Gasteiger partial charge is 0.463 e. The van der Waals surface area contributed by atoms with Gasteiger partial charge in [-0.05, 0) is 112 Å². The van der Waals surface area contributed by atoms with E-state index in [1.165, 1.54) is 27.7 Å². The van der Waals surface area contributed by atoms with Gasteiger partial charge in [-0.1, -0.05) is 34.6 Å². The van der Waals surface area contributed by atoms with E-state index < -0.39 is 157 Å². The monoisotopic (exact) mass is 1130 g/mol. The van der Waals surface area contributed by atoms with E-state index in [-0.39, 0.29) is 40.3 Å². The molecule has 0 bridgehead atoms. The van der Waals surface area contributed by atoms with Crippen LogP contribution in [0.4, 0.5) is 0 Å². The molecule has 0 aromatic rings. The number of fused-ring (bicyclic) bond motifs is 5. The van der Waals surface area contributed by atoms with E-state index in [9.17, 15) is 43.2 Å². The Labute approximate surface area is 468 Å². The molecule has 3 saturated heterocycles. The minimum atomic E-state index is -1.47. The van der Waals surface area contributed by atoms with Crippen molar-refractivity contribution in [2.24, 2.45) is 45.3 Å². The third-order valence-corrected chi connectivity index (χ3v) is 19.6. The second kappa shape index (κ2) is 23.5. The first-order valence-corrected chi connectivity index (χ1v) is 28.2. The summed E-state index contributed by atoms with van der Waals surface area (Å²) in [5.74, 6) is -6.09. The van der Waals surface area contributed by atoms with Crippen LogP contribution in [0.2, 0.25) is 0 Å². The summed E-state index contributed by atoms with van der Waals surface area (Å²) in [6, 6.07) is 0. The van der Waals surface area contributed by atoms with Gasteiger partial charge in [0.2, 0.25) is 0 Å². The summed E-state index contributed by atoms with van der Waals surface area (Å²) in [7, 11) is 0.